The molecule has 1 heterocycles. The van der Waals surface area contributed by atoms with Crippen LogP contribution in [0.3, 0.4) is 0 Å². The molecule has 18 heavy (non-hydrogen) atoms. The molecule has 94 valence electrons. The van der Waals surface area contributed by atoms with Crippen molar-refractivity contribution in [1.29, 1.82) is 0 Å². The predicted molar refractivity (Wildman–Crippen MR) is 76.2 cm³/mol. The summed E-state index contributed by atoms with van der Waals surface area (Å²) >= 11 is 0. The highest BCUT2D eigenvalue weighted by molar-refractivity contribution is 5.61. The highest BCUT2D eigenvalue weighted by Gasteiger charge is 2.05. The molecule has 1 nitrogen and oxygen atoms in total. The van der Waals surface area contributed by atoms with Gasteiger partial charge < -0.3 is 4.57 Å². The van der Waals surface area contributed by atoms with Crippen molar-refractivity contribution in [3.63, 3.8) is 0 Å². The number of nitrogens with zero attached hydrogens (tertiary/aromatic N) is 1. The zero-order valence-electron chi connectivity index (χ0n) is 11.3. The van der Waals surface area contributed by atoms with Crippen LogP contribution in [0.25, 0.3) is 11.3 Å². The lowest BCUT2D eigenvalue weighted by molar-refractivity contribution is -0.600. The summed E-state index contributed by atoms with van der Waals surface area (Å²) in [5.74, 6) is 0. The number of hydrogen-bond donors (Lipinski definition) is 0. The molecule has 0 spiro atoms. The van der Waals surface area contributed by atoms with Crippen molar-refractivity contribution in [2.75, 3.05) is 0 Å². The van der Waals surface area contributed by atoms with Gasteiger partial charge in [0.1, 0.15) is 5.69 Å². The second-order valence-corrected chi connectivity index (χ2v) is 4.81. The molecule has 0 N–H and O–H groups in total. The summed E-state index contributed by atoms with van der Waals surface area (Å²) in [6, 6.07) is 12.9. The minimum absolute atomic E-state index is 1.16. The molecule has 2 aromatic rings. The van der Waals surface area contributed by atoms with E-state index in [4.69, 9.17) is 0 Å². The molecule has 1 heteroatoms. The van der Waals surface area contributed by atoms with Crippen LogP contribution in [0, 0.1) is 14.0 Å². The van der Waals surface area contributed by atoms with E-state index >= 15 is 0 Å². The van der Waals surface area contributed by atoms with E-state index in [9.17, 15) is 0 Å². The van der Waals surface area contributed by atoms with Gasteiger partial charge in [0, 0.05) is 7.05 Å². The summed E-state index contributed by atoms with van der Waals surface area (Å²) < 4.78 is 1.92. The fraction of sp³-hybridized carbons (Fsp3) is 0.294. The maximum Gasteiger partial charge on any atom is 0.112 e. The molecule has 0 bridgehead atoms. The molecule has 0 unspecified atom stereocenters. The zero-order chi connectivity index (χ0) is 13.0. The summed E-state index contributed by atoms with van der Waals surface area (Å²) in [7, 11) is 4.03. The first kappa shape index (κ1) is 12.7. The fourth-order valence-corrected chi connectivity index (χ4v) is 2.27. The molecule has 2 rings (SSSR count). The average Bonchev–Trinajstić information content (AvgIpc) is 2.38. The Kier molecular flexibility index (Phi) is 4.03. The van der Waals surface area contributed by atoms with Crippen molar-refractivity contribution < 1.29 is 4.57 Å². The summed E-state index contributed by atoms with van der Waals surface area (Å²) in [6.45, 7) is 4.41. The van der Waals surface area contributed by atoms with Gasteiger partial charge in [0.25, 0.3) is 0 Å². The quantitative estimate of drug-likeness (QED) is 0.562. The number of rotatable bonds is 4. The molecule has 0 saturated heterocycles. The lowest BCUT2D eigenvalue weighted by Gasteiger charge is -2.11. The molecule has 0 aliphatic rings. The number of unbranched alkanes of at least 4 members (excludes halogenated alkanes) is 1. The Labute approximate surface area is 110 Å². The molecule has 0 amide bonds. The summed E-state index contributed by atoms with van der Waals surface area (Å²) in [5.41, 5.74) is 5.19. The Morgan fingerprint density at radius 1 is 1.17 bits per heavy atom. The van der Waals surface area contributed by atoms with Crippen LogP contribution in [0.5, 0.6) is 0 Å². The monoisotopic (exact) mass is 239 g/mol. The number of pyridine rings is 1. The topological polar surface area (TPSA) is 3.88 Å². The molecular weight excluding hydrogens is 218 g/mol. The Bertz CT molecular complexity index is 529. The van der Waals surface area contributed by atoms with Crippen LogP contribution >= 0.6 is 0 Å². The third kappa shape index (κ3) is 2.73. The van der Waals surface area contributed by atoms with Crippen LogP contribution in [0.4, 0.5) is 0 Å². The van der Waals surface area contributed by atoms with Crippen LogP contribution in [-0.4, -0.2) is 0 Å². The van der Waals surface area contributed by atoms with E-state index in [1.165, 1.54) is 36.0 Å². The number of hydrogen-bond acceptors (Lipinski definition) is 0. The van der Waals surface area contributed by atoms with Gasteiger partial charge in [-0.2, -0.15) is 0 Å². The standard InChI is InChI=1S/C17H21N/c1-4-5-8-15-10-11-16(14(2)13-15)17-9-6-7-12-18(17)3/h6-7,9-13H,3-5,8H2,1-2H3. The van der Waals surface area contributed by atoms with E-state index in [0.29, 0.717) is 0 Å². The van der Waals surface area contributed by atoms with Crippen molar-refractivity contribution in [1.82, 2.24) is 0 Å². The van der Waals surface area contributed by atoms with Gasteiger partial charge >= 0.3 is 0 Å². The van der Waals surface area contributed by atoms with Crippen LogP contribution in [0.2, 0.25) is 0 Å². The van der Waals surface area contributed by atoms with E-state index in [1.807, 2.05) is 16.8 Å². The first-order valence-corrected chi connectivity index (χ1v) is 6.64. The van der Waals surface area contributed by atoms with E-state index in [0.717, 1.165) is 5.69 Å². The number of aromatic nitrogens is 1. The molecule has 0 fully saturated rings. The SMILES string of the molecule is [CH2-][n+]1ccccc1-c1ccc(CCCC)cc1C. The first-order chi connectivity index (χ1) is 8.72. The second kappa shape index (κ2) is 5.72. The van der Waals surface area contributed by atoms with Crippen molar-refractivity contribution in [3.05, 3.63) is 60.8 Å². The van der Waals surface area contributed by atoms with Crippen molar-refractivity contribution in [3.8, 4) is 11.3 Å². The highest BCUT2D eigenvalue weighted by Crippen LogP contribution is 2.21. The van der Waals surface area contributed by atoms with Crippen LogP contribution < -0.4 is 4.57 Å². The van der Waals surface area contributed by atoms with Gasteiger partial charge in [-0.1, -0.05) is 43.7 Å². The van der Waals surface area contributed by atoms with Crippen LogP contribution in [0.1, 0.15) is 30.9 Å². The van der Waals surface area contributed by atoms with E-state index in [2.05, 4.69) is 51.2 Å². The third-order valence-electron chi connectivity index (χ3n) is 3.33. The fourth-order valence-electron chi connectivity index (χ4n) is 2.27. The van der Waals surface area contributed by atoms with Crippen LogP contribution in [-0.2, 0) is 6.42 Å². The van der Waals surface area contributed by atoms with E-state index in [1.54, 1.807) is 0 Å². The smallest absolute Gasteiger partial charge is 0.112 e. The first-order valence-electron chi connectivity index (χ1n) is 6.64. The van der Waals surface area contributed by atoms with Crippen molar-refractivity contribution >= 4 is 0 Å². The number of aryl methyl sites for hydroxylation is 2. The molecule has 0 radical (unpaired) electrons. The lowest BCUT2D eigenvalue weighted by Crippen LogP contribution is -2.27. The maximum absolute atomic E-state index is 4.03. The van der Waals surface area contributed by atoms with Gasteiger partial charge in [-0.05, 0) is 42.5 Å². The van der Waals surface area contributed by atoms with E-state index < -0.39 is 0 Å². The van der Waals surface area contributed by atoms with Gasteiger partial charge in [-0.3, -0.25) is 0 Å². The van der Waals surface area contributed by atoms with E-state index in [-0.39, 0.29) is 0 Å². The van der Waals surface area contributed by atoms with Gasteiger partial charge in [0.15, 0.2) is 0 Å². The molecule has 0 atom stereocenters. The highest BCUT2D eigenvalue weighted by atomic mass is 14.9. The maximum atomic E-state index is 4.03. The molecule has 0 saturated carbocycles. The van der Waals surface area contributed by atoms with Gasteiger partial charge in [0.2, 0.25) is 0 Å². The summed E-state index contributed by atoms with van der Waals surface area (Å²) in [5, 5.41) is 0. The normalized spacial score (nSPS) is 10.6. The van der Waals surface area contributed by atoms with Gasteiger partial charge in [0.05, 0.1) is 6.20 Å². The molecule has 0 aliphatic heterocycles. The molecule has 1 aromatic carbocycles. The number of benzene rings is 1. The minimum atomic E-state index is 1.16. The third-order valence-corrected chi connectivity index (χ3v) is 3.33. The molecule has 1 aromatic heterocycles. The van der Waals surface area contributed by atoms with Crippen molar-refractivity contribution in [2.45, 2.75) is 33.1 Å². The Morgan fingerprint density at radius 3 is 2.67 bits per heavy atom. The average molecular weight is 239 g/mol. The summed E-state index contributed by atoms with van der Waals surface area (Å²) in [4.78, 5) is 0. The lowest BCUT2D eigenvalue weighted by atomic mass is 9.99. The molecular formula is C17H21N. The Morgan fingerprint density at radius 2 is 2.00 bits per heavy atom. The van der Waals surface area contributed by atoms with Gasteiger partial charge in [-0.25, -0.2) is 0 Å². The Balaban J connectivity index is 2.33. The predicted octanol–water partition coefficient (Wildman–Crippen LogP) is 3.93. The summed E-state index contributed by atoms with van der Waals surface area (Å²) in [6.07, 6.45) is 5.67. The van der Waals surface area contributed by atoms with Gasteiger partial charge in [-0.15, -0.1) is 0 Å². The largest absolute Gasteiger partial charge is 0.333 e. The minimum Gasteiger partial charge on any atom is -0.333 e. The second-order valence-electron chi connectivity index (χ2n) is 4.81. The molecule has 0 aliphatic carbocycles. The van der Waals surface area contributed by atoms with Crippen LogP contribution in [0.15, 0.2) is 42.6 Å². The Hall–Kier alpha value is -1.76. The zero-order valence-corrected chi connectivity index (χ0v) is 11.3. The van der Waals surface area contributed by atoms with Crippen molar-refractivity contribution in [2.24, 2.45) is 0 Å².